The van der Waals surface area contributed by atoms with Crippen LogP contribution in [0.3, 0.4) is 0 Å². The van der Waals surface area contributed by atoms with Crippen LogP contribution in [-0.4, -0.2) is 22.1 Å². The number of aryl methyl sites for hydroxylation is 1. The number of nitrogens with zero attached hydrogens (tertiary/aromatic N) is 1. The molecule has 0 fully saturated rings. The van der Waals surface area contributed by atoms with Crippen molar-refractivity contribution in [3.05, 3.63) is 29.6 Å². The van der Waals surface area contributed by atoms with Gasteiger partial charge >= 0.3 is 5.97 Å². The third-order valence-corrected chi connectivity index (χ3v) is 2.58. The molecule has 0 spiro atoms. The molecular formula is C12H18N2O2. The first-order valence-corrected chi connectivity index (χ1v) is 5.44. The van der Waals surface area contributed by atoms with Crippen LogP contribution in [0.15, 0.2) is 18.5 Å². The first-order valence-electron chi connectivity index (χ1n) is 5.44. The quantitative estimate of drug-likeness (QED) is 0.769. The van der Waals surface area contributed by atoms with Crippen molar-refractivity contribution in [2.45, 2.75) is 39.3 Å². The monoisotopic (exact) mass is 222 g/mol. The predicted octanol–water partition coefficient (Wildman–Crippen LogP) is 1.73. The van der Waals surface area contributed by atoms with E-state index in [1.807, 2.05) is 26.1 Å². The van der Waals surface area contributed by atoms with Crippen LogP contribution in [0.4, 0.5) is 0 Å². The van der Waals surface area contributed by atoms with Crippen LogP contribution >= 0.6 is 0 Å². The van der Waals surface area contributed by atoms with Gasteiger partial charge in [-0.3, -0.25) is 9.78 Å². The Morgan fingerprint density at radius 3 is 3.00 bits per heavy atom. The summed E-state index contributed by atoms with van der Waals surface area (Å²) in [5, 5.41) is 11.8. The van der Waals surface area contributed by atoms with Crippen LogP contribution in [0.25, 0.3) is 0 Å². The Labute approximate surface area is 95.7 Å². The highest BCUT2D eigenvalue weighted by Crippen LogP contribution is 2.05. The summed E-state index contributed by atoms with van der Waals surface area (Å²) < 4.78 is 0. The molecule has 0 saturated heterocycles. The van der Waals surface area contributed by atoms with Crippen LogP contribution in [0, 0.1) is 6.92 Å². The van der Waals surface area contributed by atoms with E-state index in [1.54, 1.807) is 6.20 Å². The molecule has 0 aliphatic carbocycles. The summed E-state index contributed by atoms with van der Waals surface area (Å²) in [7, 11) is 0. The molecule has 0 saturated carbocycles. The maximum Gasteiger partial charge on any atom is 0.303 e. The minimum atomic E-state index is -0.744. The Morgan fingerprint density at radius 2 is 2.38 bits per heavy atom. The van der Waals surface area contributed by atoms with Gasteiger partial charge in [-0.15, -0.1) is 0 Å². The molecule has 4 heteroatoms. The molecule has 1 aromatic heterocycles. The lowest BCUT2D eigenvalue weighted by molar-refractivity contribution is -0.137. The minimum absolute atomic E-state index is 0.204. The Kier molecular flexibility index (Phi) is 4.92. The molecule has 2 N–H and O–H groups in total. The third kappa shape index (κ3) is 4.40. The number of hydrogen-bond donors (Lipinski definition) is 2. The van der Waals surface area contributed by atoms with Gasteiger partial charge in [-0.05, 0) is 37.5 Å². The molecule has 88 valence electrons. The molecule has 1 rings (SSSR count). The number of rotatable bonds is 6. The highest BCUT2D eigenvalue weighted by Gasteiger charge is 2.05. The molecule has 0 aliphatic rings. The summed E-state index contributed by atoms with van der Waals surface area (Å²) in [4.78, 5) is 14.5. The fourth-order valence-electron chi connectivity index (χ4n) is 1.41. The Morgan fingerprint density at radius 1 is 1.62 bits per heavy atom. The molecule has 0 aromatic carbocycles. The lowest BCUT2D eigenvalue weighted by atomic mass is 10.1. The van der Waals surface area contributed by atoms with Crippen molar-refractivity contribution < 1.29 is 9.90 Å². The fraction of sp³-hybridized carbons (Fsp3) is 0.500. The SMILES string of the molecule is Cc1ccncc1CNC(C)CCC(=O)O. The zero-order valence-corrected chi connectivity index (χ0v) is 9.73. The van der Waals surface area contributed by atoms with Gasteiger partial charge in [-0.25, -0.2) is 0 Å². The summed E-state index contributed by atoms with van der Waals surface area (Å²) in [6.45, 7) is 4.77. The Hall–Kier alpha value is -1.42. The number of carboxylic acids is 1. The van der Waals surface area contributed by atoms with Gasteiger partial charge in [0.15, 0.2) is 0 Å². The van der Waals surface area contributed by atoms with Crippen LogP contribution in [0.1, 0.15) is 30.9 Å². The molecule has 1 atom stereocenters. The van der Waals surface area contributed by atoms with E-state index in [0.29, 0.717) is 6.42 Å². The van der Waals surface area contributed by atoms with E-state index >= 15 is 0 Å². The molecule has 16 heavy (non-hydrogen) atoms. The average molecular weight is 222 g/mol. The first kappa shape index (κ1) is 12.6. The maximum absolute atomic E-state index is 10.4. The smallest absolute Gasteiger partial charge is 0.303 e. The standard InChI is InChI=1S/C12H18N2O2/c1-9-5-6-13-7-11(9)8-14-10(2)3-4-12(15)16/h5-7,10,14H,3-4,8H2,1-2H3,(H,15,16). The topological polar surface area (TPSA) is 62.2 Å². The molecule has 0 radical (unpaired) electrons. The highest BCUT2D eigenvalue weighted by molar-refractivity contribution is 5.66. The number of hydrogen-bond acceptors (Lipinski definition) is 3. The van der Waals surface area contributed by atoms with Crippen LogP contribution in [0.2, 0.25) is 0 Å². The fourth-order valence-corrected chi connectivity index (χ4v) is 1.41. The number of carbonyl (C=O) groups is 1. The Balaban J connectivity index is 2.34. The molecule has 0 bridgehead atoms. The normalized spacial score (nSPS) is 12.4. The largest absolute Gasteiger partial charge is 0.481 e. The number of pyridine rings is 1. The molecule has 1 heterocycles. The average Bonchev–Trinajstić information content (AvgIpc) is 2.25. The van der Waals surface area contributed by atoms with Crippen molar-refractivity contribution in [1.82, 2.24) is 10.3 Å². The summed E-state index contributed by atoms with van der Waals surface area (Å²) in [5.41, 5.74) is 2.36. The molecular weight excluding hydrogens is 204 g/mol. The molecule has 0 aliphatic heterocycles. The summed E-state index contributed by atoms with van der Waals surface area (Å²) >= 11 is 0. The van der Waals surface area contributed by atoms with Crippen molar-refractivity contribution in [2.24, 2.45) is 0 Å². The zero-order chi connectivity index (χ0) is 12.0. The van der Waals surface area contributed by atoms with Crippen molar-refractivity contribution in [3.8, 4) is 0 Å². The van der Waals surface area contributed by atoms with Crippen molar-refractivity contribution in [2.75, 3.05) is 0 Å². The zero-order valence-electron chi connectivity index (χ0n) is 9.73. The van der Waals surface area contributed by atoms with E-state index in [4.69, 9.17) is 5.11 Å². The molecule has 4 nitrogen and oxygen atoms in total. The minimum Gasteiger partial charge on any atom is -0.481 e. The number of carboxylic acid groups (broad SMARTS) is 1. The van der Waals surface area contributed by atoms with Gasteiger partial charge in [-0.2, -0.15) is 0 Å². The molecule has 1 aromatic rings. The van der Waals surface area contributed by atoms with Crippen LogP contribution in [0.5, 0.6) is 0 Å². The van der Waals surface area contributed by atoms with Gasteiger partial charge in [-0.1, -0.05) is 0 Å². The van der Waals surface area contributed by atoms with E-state index in [0.717, 1.165) is 12.1 Å². The van der Waals surface area contributed by atoms with Gasteiger partial charge in [0.2, 0.25) is 0 Å². The van der Waals surface area contributed by atoms with Gasteiger partial charge in [0.1, 0.15) is 0 Å². The number of nitrogens with one attached hydrogen (secondary N) is 1. The molecule has 0 amide bonds. The maximum atomic E-state index is 10.4. The second-order valence-electron chi connectivity index (χ2n) is 4.02. The van der Waals surface area contributed by atoms with Gasteiger partial charge in [0.05, 0.1) is 0 Å². The van der Waals surface area contributed by atoms with Gasteiger partial charge in [0.25, 0.3) is 0 Å². The van der Waals surface area contributed by atoms with E-state index in [1.165, 1.54) is 5.56 Å². The highest BCUT2D eigenvalue weighted by atomic mass is 16.4. The second-order valence-corrected chi connectivity index (χ2v) is 4.02. The van der Waals surface area contributed by atoms with Crippen LogP contribution in [-0.2, 0) is 11.3 Å². The summed E-state index contributed by atoms with van der Waals surface area (Å²) in [6, 6.07) is 2.18. The molecule has 1 unspecified atom stereocenters. The summed E-state index contributed by atoms with van der Waals surface area (Å²) in [5.74, 6) is -0.744. The third-order valence-electron chi connectivity index (χ3n) is 2.58. The van der Waals surface area contributed by atoms with Crippen molar-refractivity contribution in [3.63, 3.8) is 0 Å². The van der Waals surface area contributed by atoms with Crippen molar-refractivity contribution in [1.29, 1.82) is 0 Å². The van der Waals surface area contributed by atoms with Crippen LogP contribution < -0.4 is 5.32 Å². The number of aliphatic carboxylic acids is 1. The second kappa shape index (κ2) is 6.23. The van der Waals surface area contributed by atoms with Gasteiger partial charge < -0.3 is 10.4 Å². The number of aromatic nitrogens is 1. The van der Waals surface area contributed by atoms with E-state index < -0.39 is 5.97 Å². The van der Waals surface area contributed by atoms with Crippen molar-refractivity contribution >= 4 is 5.97 Å². The van der Waals surface area contributed by atoms with E-state index in [2.05, 4.69) is 10.3 Å². The first-order chi connectivity index (χ1) is 7.59. The van der Waals surface area contributed by atoms with E-state index in [9.17, 15) is 4.79 Å². The Bertz CT molecular complexity index is 353. The lowest BCUT2D eigenvalue weighted by Crippen LogP contribution is -2.26. The van der Waals surface area contributed by atoms with Gasteiger partial charge in [0, 0.05) is 31.4 Å². The lowest BCUT2D eigenvalue weighted by Gasteiger charge is -2.13. The predicted molar refractivity (Wildman–Crippen MR) is 62.1 cm³/mol. The summed E-state index contributed by atoms with van der Waals surface area (Å²) in [6.07, 6.45) is 4.47. The van der Waals surface area contributed by atoms with E-state index in [-0.39, 0.29) is 12.5 Å².